The van der Waals surface area contributed by atoms with Gasteiger partial charge in [0.1, 0.15) is 5.82 Å². The summed E-state index contributed by atoms with van der Waals surface area (Å²) in [5.41, 5.74) is 2.45. The Morgan fingerprint density at radius 2 is 1.86 bits per heavy atom. The lowest BCUT2D eigenvalue weighted by atomic mass is 9.91. The first kappa shape index (κ1) is 13.3. The van der Waals surface area contributed by atoms with E-state index in [-0.39, 0.29) is 0 Å². The van der Waals surface area contributed by atoms with Gasteiger partial charge in [-0.2, -0.15) is 5.10 Å². The number of nitrogens with zero attached hydrogens (tertiary/aromatic N) is 4. The summed E-state index contributed by atoms with van der Waals surface area (Å²) in [4.78, 5) is 7.21. The molecule has 0 radical (unpaired) electrons. The molecular weight excluding hydrogens is 272 g/mol. The highest BCUT2D eigenvalue weighted by Crippen LogP contribution is 2.30. The van der Waals surface area contributed by atoms with Gasteiger partial charge in [0.05, 0.1) is 11.7 Å². The van der Waals surface area contributed by atoms with Crippen LogP contribution in [0, 0.1) is 0 Å². The quantitative estimate of drug-likeness (QED) is 0.726. The molecule has 0 aliphatic carbocycles. The van der Waals surface area contributed by atoms with Crippen molar-refractivity contribution in [3.63, 3.8) is 0 Å². The molecule has 0 spiro atoms. The Labute approximate surface area is 130 Å². The normalized spacial score (nSPS) is 16.3. The van der Waals surface area contributed by atoms with Crippen LogP contribution in [0.1, 0.15) is 24.3 Å². The van der Waals surface area contributed by atoms with E-state index in [2.05, 4.69) is 46.5 Å². The molecule has 1 aliphatic rings. The van der Waals surface area contributed by atoms with Gasteiger partial charge in [-0.05, 0) is 42.5 Å². The van der Waals surface area contributed by atoms with Crippen LogP contribution < -0.4 is 4.90 Å². The number of rotatable bonds is 2. The van der Waals surface area contributed by atoms with Gasteiger partial charge < -0.3 is 4.90 Å². The maximum Gasteiger partial charge on any atom is 0.129 e. The standard InChI is InChI=1S/C18H20N4/c1-21-13-16(12-19-21)14-8-10-22(11-9-14)18-7-6-15-4-2-3-5-17(15)20-18/h2-7,12-14H,8-11H2,1H3. The molecule has 0 unspecified atom stereocenters. The predicted molar refractivity (Wildman–Crippen MR) is 89.1 cm³/mol. The van der Waals surface area contributed by atoms with Crippen LogP contribution in [0.2, 0.25) is 0 Å². The minimum atomic E-state index is 0.630. The largest absolute Gasteiger partial charge is 0.357 e. The highest BCUT2D eigenvalue weighted by Gasteiger charge is 2.22. The minimum absolute atomic E-state index is 0.630. The van der Waals surface area contributed by atoms with Gasteiger partial charge in [0.25, 0.3) is 0 Å². The first-order chi connectivity index (χ1) is 10.8. The van der Waals surface area contributed by atoms with Crippen molar-refractivity contribution in [3.05, 3.63) is 54.4 Å². The van der Waals surface area contributed by atoms with Gasteiger partial charge in [0.2, 0.25) is 0 Å². The molecule has 0 N–H and O–H groups in total. The molecule has 0 saturated carbocycles. The second kappa shape index (κ2) is 5.44. The molecule has 0 bridgehead atoms. The summed E-state index contributed by atoms with van der Waals surface area (Å²) in [5, 5.41) is 5.50. The number of benzene rings is 1. The Morgan fingerprint density at radius 1 is 1.05 bits per heavy atom. The smallest absolute Gasteiger partial charge is 0.129 e. The Kier molecular flexibility index (Phi) is 3.29. The first-order valence-corrected chi connectivity index (χ1v) is 7.89. The van der Waals surface area contributed by atoms with Gasteiger partial charge in [0.15, 0.2) is 0 Å². The van der Waals surface area contributed by atoms with Crippen LogP contribution in [0.5, 0.6) is 0 Å². The summed E-state index contributed by atoms with van der Waals surface area (Å²) in [6.07, 6.45) is 6.49. The van der Waals surface area contributed by atoms with Crippen LogP contribution in [0.4, 0.5) is 5.82 Å². The SMILES string of the molecule is Cn1cc(C2CCN(c3ccc4ccccc4n3)CC2)cn1. The number of hydrogen-bond acceptors (Lipinski definition) is 3. The number of aromatic nitrogens is 3. The van der Waals surface area contributed by atoms with Gasteiger partial charge in [-0.15, -0.1) is 0 Å². The van der Waals surface area contributed by atoms with Gasteiger partial charge in [0, 0.05) is 31.7 Å². The van der Waals surface area contributed by atoms with E-state index in [0.29, 0.717) is 5.92 Å². The molecule has 3 heterocycles. The molecule has 0 atom stereocenters. The van der Waals surface area contributed by atoms with E-state index in [4.69, 9.17) is 4.98 Å². The average Bonchev–Trinajstić information content (AvgIpc) is 3.01. The van der Waals surface area contributed by atoms with E-state index < -0.39 is 0 Å². The van der Waals surface area contributed by atoms with Gasteiger partial charge in [-0.25, -0.2) is 4.98 Å². The molecule has 112 valence electrons. The lowest BCUT2D eigenvalue weighted by molar-refractivity contribution is 0.503. The van der Waals surface area contributed by atoms with E-state index in [0.717, 1.165) is 24.4 Å². The van der Waals surface area contributed by atoms with Crippen molar-refractivity contribution in [3.8, 4) is 0 Å². The van der Waals surface area contributed by atoms with E-state index >= 15 is 0 Å². The zero-order valence-electron chi connectivity index (χ0n) is 12.8. The van der Waals surface area contributed by atoms with E-state index in [9.17, 15) is 0 Å². The third-order valence-electron chi connectivity index (χ3n) is 4.60. The summed E-state index contributed by atoms with van der Waals surface area (Å²) in [5.74, 6) is 1.73. The molecule has 4 nitrogen and oxygen atoms in total. The monoisotopic (exact) mass is 292 g/mol. The van der Waals surface area contributed by atoms with Gasteiger partial charge >= 0.3 is 0 Å². The third-order valence-corrected chi connectivity index (χ3v) is 4.60. The molecular formula is C18H20N4. The number of anilines is 1. The summed E-state index contributed by atoms with van der Waals surface area (Å²) < 4.78 is 1.90. The maximum atomic E-state index is 4.81. The maximum absolute atomic E-state index is 4.81. The second-order valence-electron chi connectivity index (χ2n) is 6.07. The highest BCUT2D eigenvalue weighted by molar-refractivity contribution is 5.80. The molecule has 1 saturated heterocycles. The fraction of sp³-hybridized carbons (Fsp3) is 0.333. The van der Waals surface area contributed by atoms with Gasteiger partial charge in [-0.1, -0.05) is 18.2 Å². The minimum Gasteiger partial charge on any atom is -0.357 e. The summed E-state index contributed by atoms with van der Waals surface area (Å²) >= 11 is 0. The van der Waals surface area contributed by atoms with Crippen molar-refractivity contribution in [2.24, 2.45) is 7.05 Å². The zero-order chi connectivity index (χ0) is 14.9. The molecule has 22 heavy (non-hydrogen) atoms. The van der Waals surface area contributed by atoms with Crippen molar-refractivity contribution >= 4 is 16.7 Å². The number of pyridine rings is 1. The van der Waals surface area contributed by atoms with Crippen molar-refractivity contribution < 1.29 is 0 Å². The number of aryl methyl sites for hydroxylation is 1. The lowest BCUT2D eigenvalue weighted by Crippen LogP contribution is -2.33. The third kappa shape index (κ3) is 2.45. The van der Waals surface area contributed by atoms with Crippen LogP contribution in [-0.4, -0.2) is 27.9 Å². The molecule has 1 fully saturated rings. The van der Waals surface area contributed by atoms with E-state index in [1.54, 1.807) is 0 Å². The summed E-state index contributed by atoms with van der Waals surface area (Å²) in [7, 11) is 1.98. The van der Waals surface area contributed by atoms with Crippen LogP contribution >= 0.6 is 0 Å². The number of fused-ring (bicyclic) bond motifs is 1. The van der Waals surface area contributed by atoms with Crippen LogP contribution in [0.3, 0.4) is 0 Å². The fourth-order valence-corrected chi connectivity index (χ4v) is 3.32. The predicted octanol–water partition coefficient (Wildman–Crippen LogP) is 3.35. The van der Waals surface area contributed by atoms with Crippen molar-refractivity contribution in [1.82, 2.24) is 14.8 Å². The number of para-hydroxylation sites is 1. The second-order valence-corrected chi connectivity index (χ2v) is 6.07. The molecule has 2 aromatic heterocycles. The Morgan fingerprint density at radius 3 is 2.64 bits per heavy atom. The Bertz CT molecular complexity index is 784. The first-order valence-electron chi connectivity index (χ1n) is 7.89. The Balaban J connectivity index is 1.50. The van der Waals surface area contributed by atoms with Crippen LogP contribution in [0.25, 0.3) is 10.9 Å². The van der Waals surface area contributed by atoms with Crippen molar-refractivity contribution in [2.45, 2.75) is 18.8 Å². The zero-order valence-corrected chi connectivity index (χ0v) is 12.8. The molecule has 0 amide bonds. The number of hydrogen-bond donors (Lipinski definition) is 0. The van der Waals surface area contributed by atoms with Crippen LogP contribution in [0.15, 0.2) is 48.8 Å². The molecule has 3 aromatic rings. The topological polar surface area (TPSA) is 34.0 Å². The number of piperidine rings is 1. The highest BCUT2D eigenvalue weighted by atomic mass is 15.2. The Hall–Kier alpha value is -2.36. The van der Waals surface area contributed by atoms with Crippen LogP contribution in [-0.2, 0) is 7.05 Å². The summed E-state index contributed by atoms with van der Waals surface area (Å²) in [6.45, 7) is 2.12. The molecule has 1 aliphatic heterocycles. The fourth-order valence-electron chi connectivity index (χ4n) is 3.32. The lowest BCUT2D eigenvalue weighted by Gasteiger charge is -2.32. The molecule has 4 rings (SSSR count). The van der Waals surface area contributed by atoms with E-state index in [1.807, 2.05) is 24.0 Å². The van der Waals surface area contributed by atoms with Gasteiger partial charge in [-0.3, -0.25) is 4.68 Å². The van der Waals surface area contributed by atoms with E-state index in [1.165, 1.54) is 23.8 Å². The average molecular weight is 292 g/mol. The van der Waals surface area contributed by atoms with Crippen molar-refractivity contribution in [1.29, 1.82) is 0 Å². The molecule has 4 heteroatoms. The van der Waals surface area contributed by atoms with Crippen molar-refractivity contribution in [2.75, 3.05) is 18.0 Å². The molecule has 1 aromatic carbocycles. The summed E-state index contributed by atoms with van der Waals surface area (Å²) in [6, 6.07) is 12.6.